The number of anilines is 1. The normalized spacial score (nSPS) is 14.4. The molecule has 0 N–H and O–H groups in total. The van der Waals surface area contributed by atoms with Crippen LogP contribution in [0.3, 0.4) is 0 Å². The largest absolute Gasteiger partial charge is 0.493 e. The highest BCUT2D eigenvalue weighted by molar-refractivity contribution is 6.30. The molecule has 6 heteroatoms. The first kappa shape index (κ1) is 13.9. The topological polar surface area (TPSA) is 65.1 Å². The molecule has 2 amide bonds. The van der Waals surface area contributed by atoms with Crippen molar-refractivity contribution in [1.82, 2.24) is 0 Å². The van der Waals surface area contributed by atoms with E-state index in [4.69, 9.17) is 14.2 Å². The Balaban J connectivity index is 2.54. The molecule has 0 bridgehead atoms. The van der Waals surface area contributed by atoms with Crippen LogP contribution in [0.25, 0.3) is 0 Å². The SMILES string of the molecule is COc1cc(N2C(=O)C=C(C)C2=O)cc(OC)c1OC. The van der Waals surface area contributed by atoms with Gasteiger partial charge >= 0.3 is 0 Å². The number of imide groups is 1. The Bertz CT molecular complexity index is 581. The van der Waals surface area contributed by atoms with Gasteiger partial charge in [0.1, 0.15) is 0 Å². The van der Waals surface area contributed by atoms with Gasteiger partial charge in [-0.05, 0) is 6.92 Å². The fourth-order valence-electron chi connectivity index (χ4n) is 2.03. The fourth-order valence-corrected chi connectivity index (χ4v) is 2.03. The smallest absolute Gasteiger partial charge is 0.261 e. The van der Waals surface area contributed by atoms with Crippen molar-refractivity contribution in [1.29, 1.82) is 0 Å². The zero-order valence-electron chi connectivity index (χ0n) is 11.7. The van der Waals surface area contributed by atoms with Crippen LogP contribution in [0, 0.1) is 0 Å². The molecule has 1 aliphatic rings. The molecule has 1 aromatic rings. The van der Waals surface area contributed by atoms with Gasteiger partial charge in [0.2, 0.25) is 5.75 Å². The van der Waals surface area contributed by atoms with Crippen molar-refractivity contribution in [3.05, 3.63) is 23.8 Å². The molecule has 6 nitrogen and oxygen atoms in total. The minimum absolute atomic E-state index is 0.357. The molecule has 0 fully saturated rings. The van der Waals surface area contributed by atoms with E-state index in [2.05, 4.69) is 0 Å². The Morgan fingerprint density at radius 2 is 1.50 bits per heavy atom. The highest BCUT2D eigenvalue weighted by Gasteiger charge is 2.31. The van der Waals surface area contributed by atoms with Crippen LogP contribution in [0.5, 0.6) is 17.2 Å². The molecule has 0 aromatic heterocycles. The van der Waals surface area contributed by atoms with E-state index < -0.39 is 0 Å². The van der Waals surface area contributed by atoms with E-state index in [9.17, 15) is 9.59 Å². The highest BCUT2D eigenvalue weighted by atomic mass is 16.5. The molecule has 0 unspecified atom stereocenters. The third kappa shape index (κ3) is 2.09. The Morgan fingerprint density at radius 3 is 1.85 bits per heavy atom. The van der Waals surface area contributed by atoms with E-state index in [1.165, 1.54) is 27.4 Å². The molecule has 0 saturated carbocycles. The summed E-state index contributed by atoms with van der Waals surface area (Å²) in [6.07, 6.45) is 1.30. The van der Waals surface area contributed by atoms with Crippen LogP contribution >= 0.6 is 0 Å². The summed E-state index contributed by atoms with van der Waals surface area (Å²) in [7, 11) is 4.42. The summed E-state index contributed by atoms with van der Waals surface area (Å²) in [4.78, 5) is 24.9. The van der Waals surface area contributed by atoms with E-state index in [0.717, 1.165) is 4.90 Å². The summed E-state index contributed by atoms with van der Waals surface area (Å²) in [6.45, 7) is 1.60. The molecule has 0 spiro atoms. The van der Waals surface area contributed by atoms with Gasteiger partial charge in [0.25, 0.3) is 11.8 Å². The van der Waals surface area contributed by atoms with Crippen molar-refractivity contribution >= 4 is 17.5 Å². The number of amides is 2. The molecule has 0 saturated heterocycles. The Kier molecular flexibility index (Phi) is 3.65. The van der Waals surface area contributed by atoms with Gasteiger partial charge in [-0.25, -0.2) is 4.90 Å². The molecule has 2 rings (SSSR count). The zero-order valence-corrected chi connectivity index (χ0v) is 11.7. The first-order valence-electron chi connectivity index (χ1n) is 5.90. The second-order valence-electron chi connectivity index (χ2n) is 4.19. The number of benzene rings is 1. The van der Waals surface area contributed by atoms with Crippen LogP contribution in [-0.2, 0) is 9.59 Å². The molecule has 1 aromatic carbocycles. The number of nitrogens with zero attached hydrogens (tertiary/aromatic N) is 1. The summed E-state index contributed by atoms with van der Waals surface area (Å²) in [5, 5.41) is 0. The Hall–Kier alpha value is -2.50. The Morgan fingerprint density at radius 1 is 0.950 bits per heavy atom. The van der Waals surface area contributed by atoms with Crippen LogP contribution in [0.15, 0.2) is 23.8 Å². The quantitative estimate of drug-likeness (QED) is 0.781. The van der Waals surface area contributed by atoms with Gasteiger partial charge in [-0.1, -0.05) is 0 Å². The average Bonchev–Trinajstić information content (AvgIpc) is 2.70. The second kappa shape index (κ2) is 5.24. The number of carbonyl (C=O) groups excluding carboxylic acids is 2. The number of carbonyl (C=O) groups is 2. The van der Waals surface area contributed by atoms with E-state index in [0.29, 0.717) is 28.5 Å². The number of ether oxygens (including phenoxy) is 3. The van der Waals surface area contributed by atoms with E-state index >= 15 is 0 Å². The molecular formula is C14H15NO5. The van der Waals surface area contributed by atoms with Crippen LogP contribution in [0.2, 0.25) is 0 Å². The number of rotatable bonds is 4. The summed E-state index contributed by atoms with van der Waals surface area (Å²) in [6, 6.07) is 3.12. The summed E-state index contributed by atoms with van der Waals surface area (Å²) in [5.41, 5.74) is 0.770. The zero-order chi connectivity index (χ0) is 14.9. The summed E-state index contributed by atoms with van der Waals surface area (Å²) < 4.78 is 15.6. The minimum atomic E-state index is -0.387. The maximum atomic E-state index is 12.0. The Labute approximate surface area is 116 Å². The molecule has 106 valence electrons. The highest BCUT2D eigenvalue weighted by Crippen LogP contribution is 2.41. The van der Waals surface area contributed by atoms with Crippen LogP contribution < -0.4 is 19.1 Å². The van der Waals surface area contributed by atoms with Crippen molar-refractivity contribution in [2.24, 2.45) is 0 Å². The monoisotopic (exact) mass is 277 g/mol. The molecule has 1 aliphatic heterocycles. The van der Waals surface area contributed by atoms with Gasteiger partial charge < -0.3 is 14.2 Å². The van der Waals surface area contributed by atoms with Crippen LogP contribution in [-0.4, -0.2) is 33.1 Å². The lowest BCUT2D eigenvalue weighted by atomic mass is 10.2. The van der Waals surface area contributed by atoms with Gasteiger partial charge in [0.15, 0.2) is 11.5 Å². The molecule has 1 heterocycles. The maximum absolute atomic E-state index is 12.0. The maximum Gasteiger partial charge on any atom is 0.261 e. The van der Waals surface area contributed by atoms with Gasteiger partial charge in [-0.15, -0.1) is 0 Å². The summed E-state index contributed by atoms with van der Waals surface area (Å²) >= 11 is 0. The third-order valence-corrected chi connectivity index (χ3v) is 3.01. The van der Waals surface area contributed by atoms with Crippen molar-refractivity contribution in [3.63, 3.8) is 0 Å². The molecular weight excluding hydrogens is 262 g/mol. The molecule has 0 aliphatic carbocycles. The lowest BCUT2D eigenvalue weighted by Crippen LogP contribution is -2.30. The standard InChI is InChI=1S/C14H15NO5/c1-8-5-12(16)15(14(8)17)9-6-10(18-2)13(20-4)11(7-9)19-3/h5-7H,1-4H3. The number of methoxy groups -OCH3 is 3. The van der Waals surface area contributed by atoms with E-state index in [1.54, 1.807) is 19.1 Å². The van der Waals surface area contributed by atoms with Crippen molar-refractivity contribution in [3.8, 4) is 17.2 Å². The number of hydrogen-bond acceptors (Lipinski definition) is 5. The summed E-state index contributed by atoms with van der Waals surface area (Å²) in [5.74, 6) is 0.424. The van der Waals surface area contributed by atoms with Crippen molar-refractivity contribution < 1.29 is 23.8 Å². The fraction of sp³-hybridized carbons (Fsp3) is 0.286. The lowest BCUT2D eigenvalue weighted by Gasteiger charge is -2.19. The predicted molar refractivity (Wildman–Crippen MR) is 72.3 cm³/mol. The minimum Gasteiger partial charge on any atom is -0.493 e. The van der Waals surface area contributed by atoms with Crippen LogP contribution in [0.1, 0.15) is 6.92 Å². The van der Waals surface area contributed by atoms with Gasteiger partial charge in [-0.2, -0.15) is 0 Å². The van der Waals surface area contributed by atoms with Crippen molar-refractivity contribution in [2.75, 3.05) is 26.2 Å². The average molecular weight is 277 g/mol. The molecule has 20 heavy (non-hydrogen) atoms. The lowest BCUT2D eigenvalue weighted by molar-refractivity contribution is -0.120. The van der Waals surface area contributed by atoms with Crippen molar-refractivity contribution in [2.45, 2.75) is 6.92 Å². The van der Waals surface area contributed by atoms with Gasteiger partial charge in [-0.3, -0.25) is 9.59 Å². The third-order valence-electron chi connectivity index (χ3n) is 3.01. The first-order valence-corrected chi connectivity index (χ1v) is 5.90. The van der Waals surface area contributed by atoms with Gasteiger partial charge in [0.05, 0.1) is 27.0 Å². The molecule has 0 radical (unpaired) electrons. The number of hydrogen-bond donors (Lipinski definition) is 0. The van der Waals surface area contributed by atoms with E-state index in [-0.39, 0.29) is 11.8 Å². The van der Waals surface area contributed by atoms with Gasteiger partial charge in [0, 0.05) is 23.8 Å². The molecule has 0 atom stereocenters. The first-order chi connectivity index (χ1) is 9.53. The second-order valence-corrected chi connectivity index (χ2v) is 4.19. The van der Waals surface area contributed by atoms with E-state index in [1.807, 2.05) is 0 Å². The predicted octanol–water partition coefficient (Wildman–Crippen LogP) is 1.53. The van der Waals surface area contributed by atoms with Crippen LogP contribution in [0.4, 0.5) is 5.69 Å².